The predicted molar refractivity (Wildman–Crippen MR) is 195 cm³/mol. The maximum Gasteiger partial charge on any atom is 0.164 e. The molecule has 0 fully saturated rings. The average molecular weight is 815 g/mol. The summed E-state index contributed by atoms with van der Waals surface area (Å²) in [4.78, 5) is 16.4. The number of benzene rings is 3. The Morgan fingerprint density at radius 1 is 0.867 bits per heavy atom. The summed E-state index contributed by atoms with van der Waals surface area (Å²) in [5.74, 6) is 0.104. The Balaban J connectivity index is 0.000000338. The molecule has 241 valence electrons. The number of rotatable bonds is 3. The second-order valence-corrected chi connectivity index (χ2v) is 21.9. The monoisotopic (exact) mass is 815 g/mol. The van der Waals surface area contributed by atoms with Crippen molar-refractivity contribution >= 4 is 61.3 Å². The van der Waals surface area contributed by atoms with Gasteiger partial charge in [-0.05, 0) is 27.4 Å². The van der Waals surface area contributed by atoms with Crippen molar-refractivity contribution in [2.45, 2.75) is 87.4 Å². The fraction of sp³-hybridized carbons (Fsp3) is 0.385. The van der Waals surface area contributed by atoms with E-state index in [9.17, 15) is 9.90 Å². The third-order valence-electron chi connectivity index (χ3n) is 7.83. The fourth-order valence-electron chi connectivity index (χ4n) is 5.07. The Hall–Kier alpha value is -2.63. The molecule has 0 unspecified atom stereocenters. The number of allylic oxidation sites excluding steroid dienone is 2. The number of carbonyl (C=O) groups is 1. The van der Waals surface area contributed by atoms with Gasteiger partial charge in [0.05, 0.1) is 8.07 Å². The van der Waals surface area contributed by atoms with E-state index in [1.54, 1.807) is 0 Å². The van der Waals surface area contributed by atoms with Crippen LogP contribution < -0.4 is 5.19 Å². The molecule has 1 N–H and O–H groups in total. The minimum atomic E-state index is -1.45. The second-order valence-electron chi connectivity index (χ2n) is 15.9. The molecule has 0 atom stereocenters. The number of aliphatic hydroxyl groups excluding tert-OH is 1. The van der Waals surface area contributed by atoms with Gasteiger partial charge in [0.25, 0.3) is 0 Å². The number of carbonyl (C=O) groups excluding carboxylic acids is 1. The molecule has 0 aliphatic heterocycles. The Morgan fingerprint density at radius 2 is 1.49 bits per heavy atom. The number of thiophene rings is 1. The van der Waals surface area contributed by atoms with Crippen molar-refractivity contribution in [3.8, 4) is 11.3 Å². The van der Waals surface area contributed by atoms with Crippen molar-refractivity contribution in [3.05, 3.63) is 84.3 Å². The zero-order valence-corrected chi connectivity index (χ0v) is 33.1. The van der Waals surface area contributed by atoms with Crippen LogP contribution in [0.4, 0.5) is 0 Å². The zero-order chi connectivity index (χ0) is 32.8. The topological polar surface area (TPSA) is 50.2 Å². The van der Waals surface area contributed by atoms with Gasteiger partial charge in [0.2, 0.25) is 0 Å². The number of ketones is 1. The molecule has 5 aromatic rings. The maximum absolute atomic E-state index is 11.5. The van der Waals surface area contributed by atoms with Crippen molar-refractivity contribution in [3.63, 3.8) is 0 Å². The van der Waals surface area contributed by atoms with Crippen molar-refractivity contribution in [2.24, 2.45) is 10.8 Å². The van der Waals surface area contributed by atoms with Crippen molar-refractivity contribution in [1.29, 1.82) is 0 Å². The number of aromatic nitrogens is 1. The standard InChI is InChI=1S/C28H28NSSi.C11H20O2.Ir/c1-28(2,3)22-17-19(16-18-10-7-8-11-20(18)22)26-25-21-12-9-13-24(31(4,5)6)27(21)30-23(25)14-15-29-26;1-10(2,3)8(12)7-9(13)11(4,5)6;/h7-15,17H,1-6H3;7,12H,1-6H3;/q-1;;/b;8-7-;. The van der Waals surface area contributed by atoms with Gasteiger partial charge in [-0.15, -0.1) is 40.5 Å². The van der Waals surface area contributed by atoms with E-state index in [4.69, 9.17) is 4.98 Å². The minimum absolute atomic E-state index is 0. The van der Waals surface area contributed by atoms with E-state index in [0.29, 0.717) is 0 Å². The van der Waals surface area contributed by atoms with Gasteiger partial charge in [-0.2, -0.15) is 0 Å². The van der Waals surface area contributed by atoms with Crippen LogP contribution in [0.25, 0.3) is 42.2 Å². The Morgan fingerprint density at radius 3 is 2.07 bits per heavy atom. The Kier molecular flexibility index (Phi) is 10.8. The van der Waals surface area contributed by atoms with Crippen LogP contribution >= 0.6 is 11.3 Å². The molecule has 3 nitrogen and oxygen atoms in total. The van der Waals surface area contributed by atoms with Crippen molar-refractivity contribution < 1.29 is 30.0 Å². The minimum Gasteiger partial charge on any atom is -0.512 e. The molecule has 0 bridgehead atoms. The van der Waals surface area contributed by atoms with E-state index in [0.717, 1.165) is 16.6 Å². The number of fused-ring (bicyclic) bond motifs is 4. The molecule has 0 aliphatic rings. The van der Waals surface area contributed by atoms with Crippen molar-refractivity contribution in [2.75, 3.05) is 0 Å². The van der Waals surface area contributed by atoms with E-state index >= 15 is 0 Å². The van der Waals surface area contributed by atoms with E-state index in [1.807, 2.05) is 59.1 Å². The van der Waals surface area contributed by atoms with Gasteiger partial charge in [0, 0.05) is 58.3 Å². The summed E-state index contributed by atoms with van der Waals surface area (Å²) in [5.41, 5.74) is 2.76. The predicted octanol–water partition coefficient (Wildman–Crippen LogP) is 11.0. The first-order valence-electron chi connectivity index (χ1n) is 15.4. The van der Waals surface area contributed by atoms with Gasteiger partial charge in [-0.1, -0.05) is 129 Å². The van der Waals surface area contributed by atoms with Crippen LogP contribution in [-0.2, 0) is 30.3 Å². The van der Waals surface area contributed by atoms with E-state index in [2.05, 4.69) is 101 Å². The molecule has 0 saturated carbocycles. The summed E-state index contributed by atoms with van der Waals surface area (Å²) in [7, 11) is -1.45. The first-order chi connectivity index (χ1) is 20.2. The third kappa shape index (κ3) is 8.21. The Labute approximate surface area is 288 Å². The van der Waals surface area contributed by atoms with Crippen LogP contribution in [0.3, 0.4) is 0 Å². The molecular weight excluding hydrogens is 767 g/mol. The van der Waals surface area contributed by atoms with Gasteiger partial charge in [-0.25, -0.2) is 0 Å². The molecule has 45 heavy (non-hydrogen) atoms. The maximum atomic E-state index is 11.5. The van der Waals surface area contributed by atoms with Crippen molar-refractivity contribution in [1.82, 2.24) is 4.98 Å². The summed E-state index contributed by atoms with van der Waals surface area (Å²) in [5, 5.41) is 16.1. The first-order valence-corrected chi connectivity index (χ1v) is 19.7. The van der Waals surface area contributed by atoms with Crippen LogP contribution in [0, 0.1) is 16.9 Å². The molecule has 2 heterocycles. The van der Waals surface area contributed by atoms with E-state index in [1.165, 1.54) is 42.4 Å². The average Bonchev–Trinajstić information content (AvgIpc) is 3.29. The van der Waals surface area contributed by atoms with Gasteiger partial charge in [0.15, 0.2) is 5.78 Å². The van der Waals surface area contributed by atoms with Gasteiger partial charge >= 0.3 is 0 Å². The van der Waals surface area contributed by atoms with Crippen LogP contribution in [-0.4, -0.2) is 23.9 Å². The molecule has 6 heteroatoms. The van der Waals surface area contributed by atoms with Crippen LogP contribution in [0.15, 0.2) is 72.6 Å². The summed E-state index contributed by atoms with van der Waals surface area (Å²) in [6.45, 7) is 25.3. The molecule has 0 aliphatic carbocycles. The molecular formula is C39H48IrNO2SSi-. The SMILES string of the molecule is CC(C)(C)C(=O)/C=C(\O)C(C)(C)C.CC(C)(C)c1cc(-c2nccc3sc4c([Si](C)(C)C)cccc4c23)[c-]c2ccccc12.[Ir]. The number of nitrogens with zero attached hydrogens (tertiary/aromatic N) is 1. The number of aliphatic hydroxyl groups is 1. The molecule has 2 aromatic heterocycles. The normalized spacial score (nSPS) is 13.0. The van der Waals surface area contributed by atoms with E-state index in [-0.39, 0.29) is 42.5 Å². The summed E-state index contributed by atoms with van der Waals surface area (Å²) in [6, 6.07) is 23.6. The van der Waals surface area contributed by atoms with Crippen LogP contribution in [0.1, 0.15) is 67.9 Å². The molecule has 3 aromatic carbocycles. The zero-order valence-electron chi connectivity index (χ0n) is 28.9. The molecule has 0 amide bonds. The van der Waals surface area contributed by atoms with E-state index < -0.39 is 13.5 Å². The van der Waals surface area contributed by atoms with Crippen LogP contribution in [0.2, 0.25) is 19.6 Å². The summed E-state index contributed by atoms with van der Waals surface area (Å²) in [6.07, 6.45) is 3.29. The number of pyridine rings is 1. The largest absolute Gasteiger partial charge is 0.512 e. The summed E-state index contributed by atoms with van der Waals surface area (Å²) >= 11 is 1.92. The molecule has 0 spiro atoms. The Bertz CT molecular complexity index is 1880. The molecule has 5 rings (SSSR count). The molecule has 1 radical (unpaired) electrons. The fourth-order valence-corrected chi connectivity index (χ4v) is 8.67. The van der Waals surface area contributed by atoms with Gasteiger partial charge in [0.1, 0.15) is 5.76 Å². The number of hydrogen-bond donors (Lipinski definition) is 1. The number of hydrogen-bond acceptors (Lipinski definition) is 4. The van der Waals surface area contributed by atoms with Gasteiger partial charge in [-0.3, -0.25) is 9.78 Å². The quantitative estimate of drug-likeness (QED) is 0.0854. The molecule has 0 saturated heterocycles. The third-order valence-corrected chi connectivity index (χ3v) is 11.2. The summed E-state index contributed by atoms with van der Waals surface area (Å²) < 4.78 is 2.74. The van der Waals surface area contributed by atoms with Gasteiger partial charge < -0.3 is 5.11 Å². The smallest absolute Gasteiger partial charge is 0.164 e. The van der Waals surface area contributed by atoms with Crippen LogP contribution in [0.5, 0.6) is 0 Å². The second kappa shape index (κ2) is 13.2. The first kappa shape index (κ1) is 36.8.